The number of benzene rings is 2. The van der Waals surface area contributed by atoms with Crippen LogP contribution in [0.4, 0.5) is 11.4 Å². The minimum Gasteiger partial charge on any atom is -0.497 e. The molecule has 27 heavy (non-hydrogen) atoms. The number of methoxy groups -OCH3 is 2. The number of nitrogens with zero attached hydrogens (tertiary/aromatic N) is 1. The maximum atomic E-state index is 12.7. The maximum absolute atomic E-state index is 12.7. The Labute approximate surface area is 163 Å². The van der Waals surface area contributed by atoms with E-state index in [0.717, 1.165) is 5.56 Å². The number of rotatable bonds is 5. The predicted octanol–water partition coefficient (Wildman–Crippen LogP) is 3.66. The average Bonchev–Trinajstić information content (AvgIpc) is 3.06. The number of halogens is 1. The predicted molar refractivity (Wildman–Crippen MR) is 105 cm³/mol. The minimum atomic E-state index is -0.456. The normalized spacial score (nSPS) is 16.4. The van der Waals surface area contributed by atoms with Gasteiger partial charge in [0.25, 0.3) is 0 Å². The molecule has 2 aromatic rings. The highest BCUT2D eigenvalue weighted by molar-refractivity contribution is 6.31. The van der Waals surface area contributed by atoms with Gasteiger partial charge in [-0.25, -0.2) is 0 Å². The van der Waals surface area contributed by atoms with E-state index in [1.807, 2.05) is 6.92 Å². The Hall–Kier alpha value is -2.73. The second-order valence-corrected chi connectivity index (χ2v) is 6.75. The molecule has 1 unspecified atom stereocenters. The van der Waals surface area contributed by atoms with Gasteiger partial charge < -0.3 is 19.7 Å². The third-order valence-corrected chi connectivity index (χ3v) is 5.11. The molecule has 2 amide bonds. The quantitative estimate of drug-likeness (QED) is 0.848. The van der Waals surface area contributed by atoms with Gasteiger partial charge in [0, 0.05) is 29.7 Å². The number of carbonyl (C=O) groups is 2. The maximum Gasteiger partial charge on any atom is 0.229 e. The Morgan fingerprint density at radius 3 is 2.70 bits per heavy atom. The van der Waals surface area contributed by atoms with Crippen molar-refractivity contribution in [3.8, 4) is 11.5 Å². The zero-order chi connectivity index (χ0) is 19.6. The van der Waals surface area contributed by atoms with Gasteiger partial charge in [0.15, 0.2) is 0 Å². The van der Waals surface area contributed by atoms with Gasteiger partial charge in [-0.1, -0.05) is 17.7 Å². The standard InChI is InChI=1S/C20H21ClN2O4/c1-12-15(21)5-4-6-16(12)22-20(25)13-9-19(24)23(11-13)17-8-7-14(26-2)10-18(17)27-3/h4-8,10,13H,9,11H2,1-3H3,(H,22,25). The molecule has 7 heteroatoms. The van der Waals surface area contributed by atoms with Crippen LogP contribution in [0.2, 0.25) is 5.02 Å². The van der Waals surface area contributed by atoms with Crippen LogP contribution in [-0.2, 0) is 9.59 Å². The molecule has 0 radical (unpaired) electrons. The third kappa shape index (κ3) is 3.85. The molecule has 3 rings (SSSR count). The van der Waals surface area contributed by atoms with Gasteiger partial charge >= 0.3 is 0 Å². The summed E-state index contributed by atoms with van der Waals surface area (Å²) in [4.78, 5) is 26.8. The van der Waals surface area contributed by atoms with Gasteiger partial charge in [-0.2, -0.15) is 0 Å². The zero-order valence-corrected chi connectivity index (χ0v) is 16.2. The molecule has 0 spiro atoms. The molecule has 142 valence electrons. The number of hydrogen-bond donors (Lipinski definition) is 1. The molecule has 1 fully saturated rings. The molecule has 2 aromatic carbocycles. The van der Waals surface area contributed by atoms with Crippen LogP contribution in [0.15, 0.2) is 36.4 Å². The summed E-state index contributed by atoms with van der Waals surface area (Å²) in [6.07, 6.45) is 0.140. The molecule has 0 aromatic heterocycles. The van der Waals surface area contributed by atoms with Crippen LogP contribution in [0.25, 0.3) is 0 Å². The number of amides is 2. The molecule has 0 aliphatic carbocycles. The van der Waals surface area contributed by atoms with Crippen LogP contribution in [0.1, 0.15) is 12.0 Å². The van der Waals surface area contributed by atoms with E-state index in [1.165, 1.54) is 7.11 Å². The fraction of sp³-hybridized carbons (Fsp3) is 0.300. The van der Waals surface area contributed by atoms with E-state index in [2.05, 4.69) is 5.32 Å². The number of ether oxygens (including phenoxy) is 2. The van der Waals surface area contributed by atoms with Crippen molar-refractivity contribution in [3.63, 3.8) is 0 Å². The van der Waals surface area contributed by atoms with E-state index in [9.17, 15) is 9.59 Å². The van der Waals surface area contributed by atoms with Crippen molar-refractivity contribution in [2.24, 2.45) is 5.92 Å². The van der Waals surface area contributed by atoms with Crippen molar-refractivity contribution in [2.75, 3.05) is 31.0 Å². The smallest absolute Gasteiger partial charge is 0.229 e. The van der Waals surface area contributed by atoms with Crippen molar-refractivity contribution in [3.05, 3.63) is 47.0 Å². The molecule has 1 aliphatic rings. The fourth-order valence-electron chi connectivity index (χ4n) is 3.10. The zero-order valence-electron chi connectivity index (χ0n) is 15.4. The summed E-state index contributed by atoms with van der Waals surface area (Å²) >= 11 is 6.10. The first kappa shape index (κ1) is 19.0. The molecule has 1 atom stereocenters. The summed E-state index contributed by atoms with van der Waals surface area (Å²) in [5.41, 5.74) is 2.07. The van der Waals surface area contributed by atoms with Crippen molar-refractivity contribution < 1.29 is 19.1 Å². The highest BCUT2D eigenvalue weighted by atomic mass is 35.5. The first-order valence-corrected chi connectivity index (χ1v) is 8.90. The van der Waals surface area contributed by atoms with Gasteiger partial charge in [0.2, 0.25) is 11.8 Å². The summed E-state index contributed by atoms with van der Waals surface area (Å²) in [6.45, 7) is 2.12. The fourth-order valence-corrected chi connectivity index (χ4v) is 3.28. The number of carbonyl (C=O) groups excluding carboxylic acids is 2. The molecule has 1 heterocycles. The lowest BCUT2D eigenvalue weighted by Gasteiger charge is -2.20. The molecular weight excluding hydrogens is 368 g/mol. The van der Waals surface area contributed by atoms with Gasteiger partial charge in [0.05, 0.1) is 25.8 Å². The summed E-state index contributed by atoms with van der Waals surface area (Å²) in [5, 5.41) is 3.46. The monoisotopic (exact) mass is 388 g/mol. The van der Waals surface area contributed by atoms with E-state index in [0.29, 0.717) is 27.9 Å². The number of anilines is 2. The van der Waals surface area contributed by atoms with Crippen LogP contribution in [-0.4, -0.2) is 32.6 Å². The van der Waals surface area contributed by atoms with Crippen LogP contribution in [0.5, 0.6) is 11.5 Å². The van der Waals surface area contributed by atoms with Crippen molar-refractivity contribution in [1.29, 1.82) is 0 Å². The van der Waals surface area contributed by atoms with E-state index in [4.69, 9.17) is 21.1 Å². The summed E-state index contributed by atoms with van der Waals surface area (Å²) in [6, 6.07) is 10.6. The molecule has 1 N–H and O–H groups in total. The van der Waals surface area contributed by atoms with Crippen molar-refractivity contribution >= 4 is 34.8 Å². The Morgan fingerprint density at radius 1 is 1.22 bits per heavy atom. The molecular formula is C20H21ClN2O4. The van der Waals surface area contributed by atoms with Gasteiger partial charge in [0.1, 0.15) is 11.5 Å². The van der Waals surface area contributed by atoms with Crippen LogP contribution in [0, 0.1) is 12.8 Å². The van der Waals surface area contributed by atoms with Crippen LogP contribution >= 0.6 is 11.6 Å². The molecule has 1 saturated heterocycles. The van der Waals surface area contributed by atoms with Gasteiger partial charge in [-0.3, -0.25) is 9.59 Å². The lowest BCUT2D eigenvalue weighted by molar-refractivity contribution is -0.122. The lowest BCUT2D eigenvalue weighted by Crippen LogP contribution is -2.28. The van der Waals surface area contributed by atoms with Crippen molar-refractivity contribution in [1.82, 2.24) is 0 Å². The largest absolute Gasteiger partial charge is 0.497 e. The van der Waals surface area contributed by atoms with E-state index >= 15 is 0 Å². The second-order valence-electron chi connectivity index (χ2n) is 6.34. The molecule has 6 nitrogen and oxygen atoms in total. The molecule has 0 bridgehead atoms. The topological polar surface area (TPSA) is 67.9 Å². The Bertz CT molecular complexity index is 884. The molecule has 1 aliphatic heterocycles. The first-order valence-electron chi connectivity index (χ1n) is 8.53. The van der Waals surface area contributed by atoms with Gasteiger partial charge in [-0.05, 0) is 36.8 Å². The molecule has 0 saturated carbocycles. The third-order valence-electron chi connectivity index (χ3n) is 4.70. The Balaban J connectivity index is 1.77. The summed E-state index contributed by atoms with van der Waals surface area (Å²) in [7, 11) is 3.10. The highest BCUT2D eigenvalue weighted by Crippen LogP contribution is 2.36. The Kier molecular flexibility index (Phi) is 5.56. The average molecular weight is 389 g/mol. The summed E-state index contributed by atoms with van der Waals surface area (Å²) < 4.78 is 10.6. The SMILES string of the molecule is COc1ccc(N2CC(C(=O)Nc3cccc(Cl)c3C)CC2=O)c(OC)c1. The minimum absolute atomic E-state index is 0.124. The van der Waals surface area contributed by atoms with Crippen LogP contribution < -0.4 is 19.7 Å². The second kappa shape index (κ2) is 7.88. The summed E-state index contributed by atoms with van der Waals surface area (Å²) in [5.74, 6) is 0.371. The van der Waals surface area contributed by atoms with Gasteiger partial charge in [-0.15, -0.1) is 0 Å². The number of hydrogen-bond acceptors (Lipinski definition) is 4. The van der Waals surface area contributed by atoms with E-state index < -0.39 is 5.92 Å². The highest BCUT2D eigenvalue weighted by Gasteiger charge is 2.36. The Morgan fingerprint density at radius 2 is 2.00 bits per heavy atom. The van der Waals surface area contributed by atoms with E-state index in [1.54, 1.807) is 48.4 Å². The first-order chi connectivity index (χ1) is 12.9. The van der Waals surface area contributed by atoms with Crippen molar-refractivity contribution in [2.45, 2.75) is 13.3 Å². The van der Waals surface area contributed by atoms with E-state index in [-0.39, 0.29) is 24.8 Å². The number of nitrogens with one attached hydrogen (secondary N) is 1. The lowest BCUT2D eigenvalue weighted by atomic mass is 10.1. The van der Waals surface area contributed by atoms with Crippen LogP contribution in [0.3, 0.4) is 0 Å².